The number of hydrogen-bond acceptors (Lipinski definition) is 4. The van der Waals surface area contributed by atoms with Gasteiger partial charge in [0.15, 0.2) is 0 Å². The number of carbonyl (C=O) groups is 2. The number of hydrogen-bond donors (Lipinski definition) is 3. The van der Waals surface area contributed by atoms with E-state index in [1.54, 1.807) is 0 Å². The number of amides is 1. The van der Waals surface area contributed by atoms with Gasteiger partial charge in [0.25, 0.3) is 0 Å². The highest BCUT2D eigenvalue weighted by atomic mass is 19.4. The van der Waals surface area contributed by atoms with Gasteiger partial charge in [0, 0.05) is 19.6 Å². The van der Waals surface area contributed by atoms with Crippen LogP contribution in [0.3, 0.4) is 0 Å². The predicted molar refractivity (Wildman–Crippen MR) is 71.2 cm³/mol. The molecule has 2 heterocycles. The number of nitrogens with one attached hydrogen (secondary N) is 2. The van der Waals surface area contributed by atoms with Crippen molar-refractivity contribution in [2.45, 2.75) is 38.7 Å². The van der Waals surface area contributed by atoms with E-state index in [4.69, 9.17) is 14.6 Å². The Bertz CT molecular complexity index is 401. The van der Waals surface area contributed by atoms with Crippen molar-refractivity contribution in [2.24, 2.45) is 11.8 Å². The number of rotatable bonds is 3. The summed E-state index contributed by atoms with van der Waals surface area (Å²) in [5, 5.41) is 13.4. The number of carboxylic acids is 1. The molecule has 9 heteroatoms. The van der Waals surface area contributed by atoms with Gasteiger partial charge in [-0.2, -0.15) is 13.2 Å². The van der Waals surface area contributed by atoms with Gasteiger partial charge in [-0.15, -0.1) is 0 Å². The first-order valence-electron chi connectivity index (χ1n) is 7.05. The Morgan fingerprint density at radius 2 is 1.95 bits per heavy atom. The van der Waals surface area contributed by atoms with Crippen molar-refractivity contribution in [3.8, 4) is 0 Å². The third-order valence-electron chi connectivity index (χ3n) is 3.31. The van der Waals surface area contributed by atoms with Gasteiger partial charge in [-0.1, -0.05) is 13.8 Å². The minimum atomic E-state index is -5.08. The number of fused-ring (bicyclic) bond motifs is 2. The summed E-state index contributed by atoms with van der Waals surface area (Å²) in [5.41, 5.74) is 0. The summed E-state index contributed by atoms with van der Waals surface area (Å²) in [5.74, 6) is -2.02. The van der Waals surface area contributed by atoms with Crippen LogP contribution in [0.2, 0.25) is 0 Å². The number of carboxylic acid groups (broad SMARTS) is 1. The Kier molecular flexibility index (Phi) is 6.61. The van der Waals surface area contributed by atoms with Crippen molar-refractivity contribution in [3.63, 3.8) is 0 Å². The molecular weight excluding hydrogens is 305 g/mol. The zero-order valence-corrected chi connectivity index (χ0v) is 12.4. The Hall–Kier alpha value is -1.35. The molecule has 0 unspecified atom stereocenters. The lowest BCUT2D eigenvalue weighted by Crippen LogP contribution is -2.43. The molecule has 0 radical (unpaired) electrons. The molecule has 2 saturated heterocycles. The first kappa shape index (κ1) is 18.7. The highest BCUT2D eigenvalue weighted by Crippen LogP contribution is 2.28. The molecule has 0 saturated carbocycles. The average molecular weight is 326 g/mol. The number of ether oxygens (including phenoxy) is 1. The zero-order valence-electron chi connectivity index (χ0n) is 12.4. The number of aliphatic carboxylic acids is 1. The summed E-state index contributed by atoms with van der Waals surface area (Å²) in [4.78, 5) is 20.8. The summed E-state index contributed by atoms with van der Waals surface area (Å²) in [6, 6.07) is 0. The Morgan fingerprint density at radius 1 is 1.36 bits per heavy atom. The maximum Gasteiger partial charge on any atom is 0.490 e. The molecule has 6 nitrogen and oxygen atoms in total. The van der Waals surface area contributed by atoms with E-state index < -0.39 is 12.1 Å². The Balaban J connectivity index is 0.000000295. The van der Waals surface area contributed by atoms with Gasteiger partial charge in [0.05, 0.1) is 18.1 Å². The van der Waals surface area contributed by atoms with Crippen LogP contribution in [0.4, 0.5) is 13.2 Å². The van der Waals surface area contributed by atoms with Crippen LogP contribution in [0.25, 0.3) is 0 Å². The minimum Gasteiger partial charge on any atom is -0.475 e. The summed E-state index contributed by atoms with van der Waals surface area (Å²) in [7, 11) is 0. The molecule has 2 bridgehead atoms. The normalized spacial score (nSPS) is 27.1. The van der Waals surface area contributed by atoms with Crippen LogP contribution in [0.1, 0.15) is 20.3 Å². The lowest BCUT2D eigenvalue weighted by atomic mass is 9.99. The second kappa shape index (κ2) is 7.77. The van der Waals surface area contributed by atoms with Crippen LogP contribution in [0.15, 0.2) is 0 Å². The van der Waals surface area contributed by atoms with E-state index in [9.17, 15) is 18.0 Å². The number of carbonyl (C=O) groups excluding carboxylic acids is 1. The fourth-order valence-electron chi connectivity index (χ4n) is 2.25. The standard InChI is InChI=1S/C11H20N2O2.C2HF3O2/c1-7(2)4-13-11(14)9-3-8-5-12-6-10(9)15-8;3-2(4,5)1(6)7/h7-10,12H,3-6H2,1-2H3,(H,13,14);(H,6,7)/t8-,9+,10-;/m1./s1. The molecule has 22 heavy (non-hydrogen) atoms. The molecule has 1 amide bonds. The summed E-state index contributed by atoms with van der Waals surface area (Å²) in [6.45, 7) is 6.68. The average Bonchev–Trinajstić information content (AvgIpc) is 2.70. The van der Waals surface area contributed by atoms with Gasteiger partial charge in [0.1, 0.15) is 0 Å². The van der Waals surface area contributed by atoms with Crippen molar-refractivity contribution in [1.82, 2.24) is 10.6 Å². The number of alkyl halides is 3. The molecule has 2 aliphatic heterocycles. The molecule has 128 valence electrons. The first-order chi connectivity index (χ1) is 10.1. The third-order valence-corrected chi connectivity index (χ3v) is 3.31. The fourth-order valence-corrected chi connectivity index (χ4v) is 2.25. The smallest absolute Gasteiger partial charge is 0.475 e. The maximum absolute atomic E-state index is 11.9. The topological polar surface area (TPSA) is 87.7 Å². The highest BCUT2D eigenvalue weighted by molar-refractivity contribution is 5.79. The van der Waals surface area contributed by atoms with E-state index >= 15 is 0 Å². The Labute approximate surface area is 126 Å². The van der Waals surface area contributed by atoms with Crippen LogP contribution in [-0.4, -0.2) is 55.0 Å². The Morgan fingerprint density at radius 3 is 2.41 bits per heavy atom. The molecule has 2 aliphatic rings. The molecule has 2 fully saturated rings. The monoisotopic (exact) mass is 326 g/mol. The molecule has 0 aromatic heterocycles. The number of morpholine rings is 1. The SMILES string of the molecule is CC(C)CNC(=O)[C@H]1C[C@@H]2CNC[C@H]1O2.O=C(O)C(F)(F)F. The van der Waals surface area contributed by atoms with Crippen LogP contribution in [-0.2, 0) is 14.3 Å². The molecule has 0 aromatic carbocycles. The number of halogens is 3. The van der Waals surface area contributed by atoms with E-state index in [1.165, 1.54) is 0 Å². The first-order valence-corrected chi connectivity index (χ1v) is 7.05. The van der Waals surface area contributed by atoms with Crippen LogP contribution in [0, 0.1) is 11.8 Å². The molecule has 3 N–H and O–H groups in total. The predicted octanol–water partition coefficient (Wildman–Crippen LogP) is 0.769. The second-order valence-corrected chi connectivity index (χ2v) is 5.74. The summed E-state index contributed by atoms with van der Waals surface area (Å²) >= 11 is 0. The van der Waals surface area contributed by atoms with Gasteiger partial charge in [-0.3, -0.25) is 4.79 Å². The van der Waals surface area contributed by atoms with Gasteiger partial charge < -0.3 is 20.5 Å². The quantitative estimate of drug-likeness (QED) is 0.713. The van der Waals surface area contributed by atoms with Crippen molar-refractivity contribution in [3.05, 3.63) is 0 Å². The van der Waals surface area contributed by atoms with E-state index in [-0.39, 0.29) is 24.0 Å². The van der Waals surface area contributed by atoms with Crippen molar-refractivity contribution in [2.75, 3.05) is 19.6 Å². The van der Waals surface area contributed by atoms with Crippen LogP contribution < -0.4 is 10.6 Å². The largest absolute Gasteiger partial charge is 0.490 e. The van der Waals surface area contributed by atoms with E-state index in [1.807, 2.05) is 0 Å². The highest BCUT2D eigenvalue weighted by Gasteiger charge is 2.41. The second-order valence-electron chi connectivity index (χ2n) is 5.74. The van der Waals surface area contributed by atoms with Crippen molar-refractivity contribution >= 4 is 11.9 Å². The summed E-state index contributed by atoms with van der Waals surface area (Å²) < 4.78 is 37.5. The molecule has 0 aliphatic carbocycles. The lowest BCUT2D eigenvalue weighted by molar-refractivity contribution is -0.192. The van der Waals surface area contributed by atoms with E-state index in [2.05, 4.69) is 24.5 Å². The van der Waals surface area contributed by atoms with Crippen LogP contribution in [0.5, 0.6) is 0 Å². The van der Waals surface area contributed by atoms with Crippen molar-refractivity contribution < 1.29 is 32.6 Å². The maximum atomic E-state index is 11.9. The van der Waals surface area contributed by atoms with Gasteiger partial charge in [-0.05, 0) is 12.3 Å². The van der Waals surface area contributed by atoms with E-state index in [0.29, 0.717) is 5.92 Å². The van der Waals surface area contributed by atoms with Crippen molar-refractivity contribution in [1.29, 1.82) is 0 Å². The van der Waals surface area contributed by atoms with Crippen LogP contribution >= 0.6 is 0 Å². The molecular formula is C13H21F3N2O4. The van der Waals surface area contributed by atoms with Gasteiger partial charge in [-0.25, -0.2) is 4.79 Å². The molecule has 3 atom stereocenters. The van der Waals surface area contributed by atoms with Gasteiger partial charge >= 0.3 is 12.1 Å². The summed E-state index contributed by atoms with van der Waals surface area (Å²) in [6.07, 6.45) is -3.86. The minimum absolute atomic E-state index is 0.0590. The molecule has 2 rings (SSSR count). The lowest BCUT2D eigenvalue weighted by Gasteiger charge is -2.22. The third kappa shape index (κ3) is 5.80. The zero-order chi connectivity index (χ0) is 16.9. The van der Waals surface area contributed by atoms with E-state index in [0.717, 1.165) is 26.1 Å². The fraction of sp³-hybridized carbons (Fsp3) is 0.846. The molecule has 0 spiro atoms. The van der Waals surface area contributed by atoms with Gasteiger partial charge in [0.2, 0.25) is 5.91 Å². The molecule has 0 aromatic rings.